The number of halogens is 1. The molecule has 1 amide bonds. The van der Waals surface area contributed by atoms with Crippen LogP contribution in [0.15, 0.2) is 47.1 Å². The molecule has 2 aliphatic rings. The Bertz CT molecular complexity index is 1170. The summed E-state index contributed by atoms with van der Waals surface area (Å²) in [5.41, 5.74) is 2.43. The van der Waals surface area contributed by atoms with Crippen molar-refractivity contribution in [2.24, 2.45) is 0 Å². The number of amides is 1. The van der Waals surface area contributed by atoms with Crippen LogP contribution in [0.5, 0.6) is 0 Å². The average molecular weight is 434 g/mol. The van der Waals surface area contributed by atoms with E-state index in [0.717, 1.165) is 0 Å². The van der Waals surface area contributed by atoms with E-state index in [1.165, 1.54) is 12.3 Å². The van der Waals surface area contributed by atoms with Gasteiger partial charge in [-0.05, 0) is 43.0 Å². The average Bonchev–Trinajstić information content (AvgIpc) is 3.33. The first-order chi connectivity index (χ1) is 15.5. The summed E-state index contributed by atoms with van der Waals surface area (Å²) in [5.74, 6) is 0.177. The fourth-order valence-corrected chi connectivity index (χ4v) is 4.59. The zero-order valence-electron chi connectivity index (χ0n) is 17.8. The Morgan fingerprint density at radius 2 is 1.84 bits per heavy atom. The highest BCUT2D eigenvalue weighted by molar-refractivity contribution is 5.99. The highest BCUT2D eigenvalue weighted by atomic mass is 19.1. The standard InChI is InChI=1S/C24H23FN4O3/c1-15-22-19(13-16(14-20(22)30)17-5-2-3-6-18(17)25)27-24(26-15)29-10-8-28(9-11-29)23(31)21-7-4-12-32-21/h2-7,12,16H,8-11,13-14H2,1H3/t16-/m1/s1. The molecule has 0 bridgehead atoms. The van der Waals surface area contributed by atoms with Crippen molar-refractivity contribution in [3.8, 4) is 0 Å². The van der Waals surface area contributed by atoms with Gasteiger partial charge in [-0.15, -0.1) is 0 Å². The predicted octanol–water partition coefficient (Wildman–Crippen LogP) is 3.39. The van der Waals surface area contributed by atoms with Crippen molar-refractivity contribution in [2.75, 3.05) is 31.1 Å². The number of benzene rings is 1. The van der Waals surface area contributed by atoms with Crippen LogP contribution in [0.1, 0.15) is 50.2 Å². The van der Waals surface area contributed by atoms with Crippen LogP contribution in [-0.2, 0) is 6.42 Å². The van der Waals surface area contributed by atoms with Crippen LogP contribution >= 0.6 is 0 Å². The van der Waals surface area contributed by atoms with Gasteiger partial charge in [0.05, 0.1) is 23.2 Å². The van der Waals surface area contributed by atoms with Gasteiger partial charge in [0.1, 0.15) is 5.82 Å². The van der Waals surface area contributed by atoms with Crippen molar-refractivity contribution >= 4 is 17.6 Å². The quantitative estimate of drug-likeness (QED) is 0.629. The van der Waals surface area contributed by atoms with Gasteiger partial charge in [0.2, 0.25) is 5.95 Å². The van der Waals surface area contributed by atoms with Crippen molar-refractivity contribution in [3.05, 3.63) is 76.8 Å². The summed E-state index contributed by atoms with van der Waals surface area (Å²) in [7, 11) is 0. The van der Waals surface area contributed by atoms with Gasteiger partial charge in [0.25, 0.3) is 5.91 Å². The third kappa shape index (κ3) is 3.66. The molecule has 32 heavy (non-hydrogen) atoms. The number of fused-ring (bicyclic) bond motifs is 1. The molecule has 164 valence electrons. The van der Waals surface area contributed by atoms with E-state index in [4.69, 9.17) is 9.40 Å². The number of aromatic nitrogens is 2. The number of hydrogen-bond acceptors (Lipinski definition) is 6. The molecule has 1 aromatic carbocycles. The van der Waals surface area contributed by atoms with E-state index in [-0.39, 0.29) is 29.8 Å². The highest BCUT2D eigenvalue weighted by Gasteiger charge is 2.32. The Labute approximate surface area is 184 Å². The molecule has 1 saturated heterocycles. The molecule has 1 atom stereocenters. The van der Waals surface area contributed by atoms with Crippen LogP contribution in [0.4, 0.5) is 10.3 Å². The summed E-state index contributed by atoms with van der Waals surface area (Å²) in [6, 6.07) is 9.96. The van der Waals surface area contributed by atoms with Gasteiger partial charge in [-0.3, -0.25) is 9.59 Å². The van der Waals surface area contributed by atoms with E-state index in [9.17, 15) is 14.0 Å². The minimum atomic E-state index is -0.294. The maximum absolute atomic E-state index is 14.3. The summed E-state index contributed by atoms with van der Waals surface area (Å²) < 4.78 is 19.6. The zero-order chi connectivity index (χ0) is 22.2. The molecular formula is C24H23FN4O3. The van der Waals surface area contributed by atoms with Crippen LogP contribution in [0.3, 0.4) is 0 Å². The second-order valence-corrected chi connectivity index (χ2v) is 8.24. The highest BCUT2D eigenvalue weighted by Crippen LogP contribution is 2.34. The van der Waals surface area contributed by atoms with E-state index >= 15 is 0 Å². The number of ketones is 1. The van der Waals surface area contributed by atoms with E-state index in [1.54, 1.807) is 35.2 Å². The van der Waals surface area contributed by atoms with Crippen molar-refractivity contribution in [1.29, 1.82) is 0 Å². The van der Waals surface area contributed by atoms with Gasteiger partial charge in [0.15, 0.2) is 11.5 Å². The molecule has 7 nitrogen and oxygen atoms in total. The molecule has 8 heteroatoms. The van der Waals surface area contributed by atoms with E-state index in [0.29, 0.717) is 66.8 Å². The number of Topliss-reactive ketones (excluding diaryl/α,β-unsaturated/α-hetero) is 1. The lowest BCUT2D eigenvalue weighted by Crippen LogP contribution is -2.49. The molecule has 5 rings (SSSR count). The second kappa shape index (κ2) is 8.18. The molecule has 0 N–H and O–H groups in total. The van der Waals surface area contributed by atoms with Gasteiger partial charge in [-0.25, -0.2) is 14.4 Å². The summed E-state index contributed by atoms with van der Waals surface area (Å²) in [6.45, 7) is 4.03. The van der Waals surface area contributed by atoms with Crippen molar-refractivity contribution in [3.63, 3.8) is 0 Å². The molecule has 1 aliphatic heterocycles. The third-order valence-corrected chi connectivity index (χ3v) is 6.23. The summed E-state index contributed by atoms with van der Waals surface area (Å²) in [4.78, 5) is 38.4. The summed E-state index contributed by atoms with van der Waals surface area (Å²) in [5, 5.41) is 0. The number of aryl methyl sites for hydroxylation is 1. The fourth-order valence-electron chi connectivity index (χ4n) is 4.59. The topological polar surface area (TPSA) is 79.5 Å². The number of furan rings is 1. The minimum absolute atomic E-state index is 0.0441. The molecule has 3 heterocycles. The SMILES string of the molecule is Cc1nc(N2CCN(C(=O)c3ccco3)CC2)nc2c1C(=O)C[C@H](c1ccccc1F)C2. The number of carbonyl (C=O) groups excluding carboxylic acids is 2. The number of carbonyl (C=O) groups is 2. The summed E-state index contributed by atoms with van der Waals surface area (Å²) in [6.07, 6.45) is 2.24. The molecule has 0 unspecified atom stereocenters. The first kappa shape index (κ1) is 20.4. The predicted molar refractivity (Wildman–Crippen MR) is 115 cm³/mol. The number of rotatable bonds is 3. The van der Waals surface area contributed by atoms with Gasteiger partial charge in [-0.1, -0.05) is 18.2 Å². The second-order valence-electron chi connectivity index (χ2n) is 8.24. The molecule has 1 fully saturated rings. The first-order valence-electron chi connectivity index (χ1n) is 10.7. The number of nitrogens with zero attached hydrogens (tertiary/aromatic N) is 4. The summed E-state index contributed by atoms with van der Waals surface area (Å²) >= 11 is 0. The minimum Gasteiger partial charge on any atom is -0.459 e. The Morgan fingerprint density at radius 3 is 2.56 bits per heavy atom. The lowest BCUT2D eigenvalue weighted by atomic mass is 9.81. The first-order valence-corrected chi connectivity index (χ1v) is 10.7. The smallest absolute Gasteiger partial charge is 0.289 e. The molecule has 0 spiro atoms. The Hall–Kier alpha value is -3.55. The van der Waals surface area contributed by atoms with Gasteiger partial charge < -0.3 is 14.2 Å². The van der Waals surface area contributed by atoms with E-state index in [2.05, 4.69) is 4.98 Å². The van der Waals surface area contributed by atoms with Crippen molar-refractivity contribution < 1.29 is 18.4 Å². The number of piperazine rings is 1. The molecule has 2 aromatic heterocycles. The van der Waals surface area contributed by atoms with Crippen molar-refractivity contribution in [2.45, 2.75) is 25.7 Å². The van der Waals surface area contributed by atoms with E-state index in [1.807, 2.05) is 11.8 Å². The van der Waals surface area contributed by atoms with Crippen LogP contribution in [0.25, 0.3) is 0 Å². The molecule has 0 saturated carbocycles. The Kier molecular flexibility index (Phi) is 5.20. The number of anilines is 1. The maximum Gasteiger partial charge on any atom is 0.289 e. The fraction of sp³-hybridized carbons (Fsp3) is 0.333. The van der Waals surface area contributed by atoms with Crippen molar-refractivity contribution in [1.82, 2.24) is 14.9 Å². The maximum atomic E-state index is 14.3. The molecule has 1 aliphatic carbocycles. The number of hydrogen-bond donors (Lipinski definition) is 0. The Morgan fingerprint density at radius 1 is 1.06 bits per heavy atom. The monoisotopic (exact) mass is 434 g/mol. The van der Waals surface area contributed by atoms with E-state index < -0.39 is 0 Å². The Balaban J connectivity index is 1.36. The molecular weight excluding hydrogens is 411 g/mol. The van der Waals surface area contributed by atoms with Gasteiger partial charge in [-0.2, -0.15) is 0 Å². The van der Waals surface area contributed by atoms with Crippen LogP contribution in [0.2, 0.25) is 0 Å². The zero-order valence-corrected chi connectivity index (χ0v) is 17.8. The third-order valence-electron chi connectivity index (χ3n) is 6.23. The largest absolute Gasteiger partial charge is 0.459 e. The molecule has 3 aromatic rings. The lowest BCUT2D eigenvalue weighted by molar-refractivity contribution is 0.0713. The van der Waals surface area contributed by atoms with Gasteiger partial charge in [0, 0.05) is 32.6 Å². The normalized spacial score (nSPS) is 18.6. The van der Waals surface area contributed by atoms with Crippen LogP contribution in [-0.4, -0.2) is 52.7 Å². The lowest BCUT2D eigenvalue weighted by Gasteiger charge is -2.35. The van der Waals surface area contributed by atoms with Crippen LogP contribution < -0.4 is 4.90 Å². The van der Waals surface area contributed by atoms with Crippen LogP contribution in [0, 0.1) is 12.7 Å². The molecule has 0 radical (unpaired) electrons. The van der Waals surface area contributed by atoms with Gasteiger partial charge >= 0.3 is 0 Å².